The van der Waals surface area contributed by atoms with Crippen LogP contribution in [-0.2, 0) is 32.5 Å². The quantitative estimate of drug-likeness (QED) is 0.710. The number of benzene rings is 2. The summed E-state index contributed by atoms with van der Waals surface area (Å²) in [4.78, 5) is 22.9. The summed E-state index contributed by atoms with van der Waals surface area (Å²) >= 11 is 0. The first-order valence-electron chi connectivity index (χ1n) is 8.07. The predicted molar refractivity (Wildman–Crippen MR) is 95.3 cm³/mol. The molecule has 0 radical (unpaired) electrons. The molecule has 1 aliphatic heterocycles. The number of amides is 1. The fraction of sp³-hybridized carbons (Fsp3) is 0.222. The summed E-state index contributed by atoms with van der Waals surface area (Å²) in [6.07, 6.45) is 0.767. The van der Waals surface area contributed by atoms with E-state index >= 15 is 0 Å². The van der Waals surface area contributed by atoms with E-state index in [9.17, 15) is 23.1 Å². The van der Waals surface area contributed by atoms with Crippen molar-refractivity contribution in [3.05, 3.63) is 59.7 Å². The highest BCUT2D eigenvalue weighted by atomic mass is 32.2. The zero-order chi connectivity index (χ0) is 18.7. The van der Waals surface area contributed by atoms with Crippen LogP contribution in [0.2, 0.25) is 0 Å². The Labute approximate surface area is 151 Å². The molecule has 1 unspecified atom stereocenters. The molecule has 2 aromatic carbocycles. The van der Waals surface area contributed by atoms with Gasteiger partial charge in [0.05, 0.1) is 4.90 Å². The molecule has 3 rings (SSSR count). The van der Waals surface area contributed by atoms with E-state index < -0.39 is 22.0 Å². The normalized spacial score (nSPS) is 15.0. The highest BCUT2D eigenvalue weighted by molar-refractivity contribution is 7.89. The molecular weight excluding hydrogens is 356 g/mol. The van der Waals surface area contributed by atoms with Crippen LogP contribution in [-0.4, -0.2) is 31.4 Å². The zero-order valence-corrected chi connectivity index (χ0v) is 14.6. The Hall–Kier alpha value is -2.71. The fourth-order valence-corrected chi connectivity index (χ4v) is 4.05. The molecule has 0 bridgehead atoms. The Morgan fingerprint density at radius 2 is 1.88 bits per heavy atom. The monoisotopic (exact) mass is 374 g/mol. The number of carboxylic acids is 1. The molecule has 0 aliphatic carbocycles. The standard InChI is InChI=1S/C18H18N2O5S/c21-17-9-6-13-11-14(7-8-15(13)19-17)26(24,25)20-16(18(22)23)10-12-4-2-1-3-5-12/h1-5,7-8,11,16,20H,6,9-10H2,(H,19,21)(H,22,23). The summed E-state index contributed by atoms with van der Waals surface area (Å²) in [6, 6.07) is 11.9. The summed E-state index contributed by atoms with van der Waals surface area (Å²) in [5.41, 5.74) is 2.01. The predicted octanol–water partition coefficient (Wildman–Crippen LogP) is 1.55. The molecule has 8 heteroatoms. The average Bonchev–Trinajstić information content (AvgIpc) is 2.61. The average molecular weight is 374 g/mol. The third-order valence-corrected chi connectivity index (χ3v) is 5.63. The number of nitrogens with one attached hydrogen (secondary N) is 2. The summed E-state index contributed by atoms with van der Waals surface area (Å²) in [6.45, 7) is 0. The summed E-state index contributed by atoms with van der Waals surface area (Å²) in [7, 11) is -4.02. The Kier molecular flexibility index (Phi) is 5.06. The second-order valence-electron chi connectivity index (χ2n) is 6.07. The lowest BCUT2D eigenvalue weighted by molar-refractivity contribution is -0.138. The lowest BCUT2D eigenvalue weighted by Gasteiger charge is -2.19. The molecule has 1 aliphatic rings. The largest absolute Gasteiger partial charge is 0.480 e. The van der Waals surface area contributed by atoms with E-state index in [2.05, 4.69) is 10.0 Å². The Bertz CT molecular complexity index is 941. The van der Waals surface area contributed by atoms with Crippen LogP contribution >= 0.6 is 0 Å². The molecule has 0 saturated heterocycles. The van der Waals surface area contributed by atoms with Gasteiger partial charge in [-0.3, -0.25) is 9.59 Å². The van der Waals surface area contributed by atoms with Crippen molar-refractivity contribution in [3.63, 3.8) is 0 Å². The van der Waals surface area contributed by atoms with Crippen molar-refractivity contribution in [1.82, 2.24) is 4.72 Å². The van der Waals surface area contributed by atoms with Crippen LogP contribution in [0.5, 0.6) is 0 Å². The lowest BCUT2D eigenvalue weighted by atomic mass is 10.0. The topological polar surface area (TPSA) is 113 Å². The molecule has 136 valence electrons. The molecule has 1 atom stereocenters. The number of hydrogen-bond donors (Lipinski definition) is 3. The first kappa shape index (κ1) is 18.1. The van der Waals surface area contributed by atoms with Crippen molar-refractivity contribution in [1.29, 1.82) is 0 Å². The second kappa shape index (κ2) is 7.27. The minimum atomic E-state index is -4.02. The van der Waals surface area contributed by atoms with E-state index in [1.807, 2.05) is 0 Å². The van der Waals surface area contributed by atoms with Crippen LogP contribution in [0.25, 0.3) is 0 Å². The molecule has 0 spiro atoms. The van der Waals surface area contributed by atoms with Gasteiger partial charge in [-0.2, -0.15) is 4.72 Å². The molecule has 2 aromatic rings. The first-order valence-corrected chi connectivity index (χ1v) is 9.55. The second-order valence-corrected chi connectivity index (χ2v) is 7.78. The zero-order valence-electron chi connectivity index (χ0n) is 13.8. The van der Waals surface area contributed by atoms with E-state index in [1.54, 1.807) is 30.3 Å². The minimum absolute atomic E-state index is 0.0216. The SMILES string of the molecule is O=C1CCc2cc(S(=O)(=O)NC(Cc3ccccc3)C(=O)O)ccc2N1. The van der Waals surface area contributed by atoms with Crippen LogP contribution in [0.4, 0.5) is 5.69 Å². The third-order valence-electron chi connectivity index (χ3n) is 4.16. The van der Waals surface area contributed by atoms with Gasteiger partial charge in [0, 0.05) is 12.1 Å². The fourth-order valence-electron chi connectivity index (χ4n) is 2.81. The van der Waals surface area contributed by atoms with Gasteiger partial charge in [0.2, 0.25) is 15.9 Å². The van der Waals surface area contributed by atoms with Crippen LogP contribution in [0.15, 0.2) is 53.4 Å². The summed E-state index contributed by atoms with van der Waals surface area (Å²) in [5, 5.41) is 12.1. The summed E-state index contributed by atoms with van der Waals surface area (Å²) < 4.78 is 27.5. The smallest absolute Gasteiger partial charge is 0.322 e. The minimum Gasteiger partial charge on any atom is -0.480 e. The molecular formula is C18H18N2O5S. The van der Waals surface area contributed by atoms with Gasteiger partial charge in [0.1, 0.15) is 6.04 Å². The van der Waals surface area contributed by atoms with E-state index in [-0.39, 0.29) is 23.6 Å². The lowest BCUT2D eigenvalue weighted by Crippen LogP contribution is -2.42. The van der Waals surface area contributed by atoms with Crippen molar-refractivity contribution in [3.8, 4) is 0 Å². The van der Waals surface area contributed by atoms with Gasteiger partial charge in [-0.15, -0.1) is 0 Å². The van der Waals surface area contributed by atoms with Gasteiger partial charge in [-0.05, 0) is 42.2 Å². The van der Waals surface area contributed by atoms with Crippen LogP contribution in [0.1, 0.15) is 17.5 Å². The van der Waals surface area contributed by atoms with Gasteiger partial charge in [0.25, 0.3) is 0 Å². The summed E-state index contributed by atoms with van der Waals surface area (Å²) in [5.74, 6) is -1.36. The van der Waals surface area contributed by atoms with Crippen LogP contribution < -0.4 is 10.0 Å². The van der Waals surface area contributed by atoms with Gasteiger partial charge in [-0.25, -0.2) is 8.42 Å². The molecule has 3 N–H and O–H groups in total. The first-order chi connectivity index (χ1) is 12.3. The number of aliphatic carboxylic acids is 1. The number of carboxylic acid groups (broad SMARTS) is 1. The molecule has 1 amide bonds. The van der Waals surface area contributed by atoms with Crippen molar-refractivity contribution >= 4 is 27.6 Å². The molecule has 26 heavy (non-hydrogen) atoms. The Morgan fingerprint density at radius 3 is 2.58 bits per heavy atom. The van der Waals surface area contributed by atoms with Gasteiger partial charge in [-0.1, -0.05) is 30.3 Å². The van der Waals surface area contributed by atoms with E-state index in [0.29, 0.717) is 17.7 Å². The number of aryl methyl sites for hydroxylation is 1. The van der Waals surface area contributed by atoms with Crippen LogP contribution in [0.3, 0.4) is 0 Å². The molecule has 0 fully saturated rings. The van der Waals surface area contributed by atoms with E-state index in [0.717, 1.165) is 5.56 Å². The van der Waals surface area contributed by atoms with Gasteiger partial charge >= 0.3 is 5.97 Å². The maximum absolute atomic E-state index is 12.6. The van der Waals surface area contributed by atoms with Crippen molar-refractivity contribution in [2.24, 2.45) is 0 Å². The maximum atomic E-state index is 12.6. The number of carbonyl (C=O) groups excluding carboxylic acids is 1. The molecule has 0 aromatic heterocycles. The van der Waals surface area contributed by atoms with Gasteiger partial charge < -0.3 is 10.4 Å². The number of rotatable bonds is 6. The van der Waals surface area contributed by atoms with E-state index in [4.69, 9.17) is 0 Å². The number of anilines is 1. The van der Waals surface area contributed by atoms with Gasteiger partial charge in [0.15, 0.2) is 0 Å². The highest BCUT2D eigenvalue weighted by Gasteiger charge is 2.27. The number of sulfonamides is 1. The molecule has 7 nitrogen and oxygen atoms in total. The Morgan fingerprint density at radius 1 is 1.15 bits per heavy atom. The highest BCUT2D eigenvalue weighted by Crippen LogP contribution is 2.25. The molecule has 0 saturated carbocycles. The molecule has 1 heterocycles. The number of carbonyl (C=O) groups is 2. The van der Waals surface area contributed by atoms with E-state index in [1.165, 1.54) is 18.2 Å². The number of hydrogen-bond acceptors (Lipinski definition) is 4. The maximum Gasteiger partial charge on any atom is 0.322 e. The van der Waals surface area contributed by atoms with Crippen LogP contribution in [0, 0.1) is 0 Å². The Balaban J connectivity index is 1.82. The van der Waals surface area contributed by atoms with Crippen molar-refractivity contribution < 1.29 is 23.1 Å². The van der Waals surface area contributed by atoms with Crippen molar-refractivity contribution in [2.75, 3.05) is 5.32 Å². The third kappa shape index (κ3) is 4.09. The van der Waals surface area contributed by atoms with Crippen molar-refractivity contribution in [2.45, 2.75) is 30.2 Å². The number of fused-ring (bicyclic) bond motifs is 1.